The van der Waals surface area contributed by atoms with E-state index in [0.717, 1.165) is 38.2 Å². The Bertz CT molecular complexity index is 452. The Balaban J connectivity index is 1.91. The van der Waals surface area contributed by atoms with Gasteiger partial charge in [0.1, 0.15) is 0 Å². The van der Waals surface area contributed by atoms with E-state index in [1.165, 1.54) is 0 Å². The molecule has 1 saturated heterocycles. The van der Waals surface area contributed by atoms with Gasteiger partial charge >= 0.3 is 0 Å². The summed E-state index contributed by atoms with van der Waals surface area (Å²) < 4.78 is 0. The summed E-state index contributed by atoms with van der Waals surface area (Å²) in [6.07, 6.45) is 2.32. The Morgan fingerprint density at radius 1 is 1.29 bits per heavy atom. The van der Waals surface area contributed by atoms with E-state index in [1.54, 1.807) is 0 Å². The zero-order valence-corrected chi connectivity index (χ0v) is 13.4. The Morgan fingerprint density at radius 2 is 1.90 bits per heavy atom. The minimum atomic E-state index is -0.407. The van der Waals surface area contributed by atoms with Gasteiger partial charge in [-0.25, -0.2) is 0 Å². The fourth-order valence-electron chi connectivity index (χ4n) is 2.89. The highest BCUT2D eigenvalue weighted by Crippen LogP contribution is 2.22. The van der Waals surface area contributed by atoms with Crippen LogP contribution in [0.25, 0.3) is 0 Å². The molecule has 0 atom stereocenters. The van der Waals surface area contributed by atoms with Gasteiger partial charge in [0.2, 0.25) is 5.91 Å². The highest BCUT2D eigenvalue weighted by Gasteiger charge is 2.31. The van der Waals surface area contributed by atoms with Crippen molar-refractivity contribution in [1.29, 1.82) is 0 Å². The second-order valence-corrected chi connectivity index (χ2v) is 6.60. The zero-order chi connectivity index (χ0) is 15.3. The van der Waals surface area contributed by atoms with E-state index in [-0.39, 0.29) is 5.91 Å². The molecule has 1 aliphatic rings. The van der Waals surface area contributed by atoms with Crippen molar-refractivity contribution in [1.82, 2.24) is 10.2 Å². The summed E-state index contributed by atoms with van der Waals surface area (Å²) in [6.45, 7) is 6.96. The van der Waals surface area contributed by atoms with Crippen molar-refractivity contribution in [3.8, 4) is 0 Å². The van der Waals surface area contributed by atoms with Gasteiger partial charge in [0, 0.05) is 18.3 Å². The van der Waals surface area contributed by atoms with Crippen molar-refractivity contribution in [3.05, 3.63) is 30.3 Å². The van der Waals surface area contributed by atoms with Gasteiger partial charge < -0.3 is 15.5 Å². The second kappa shape index (κ2) is 7.05. The summed E-state index contributed by atoms with van der Waals surface area (Å²) in [5.74, 6) is 0.0782. The molecule has 2 N–H and O–H groups in total. The van der Waals surface area contributed by atoms with Crippen molar-refractivity contribution in [2.75, 3.05) is 32.0 Å². The lowest BCUT2D eigenvalue weighted by Gasteiger charge is -2.36. The number of benzene rings is 1. The number of hydrogen-bond donors (Lipinski definition) is 2. The second-order valence-electron chi connectivity index (χ2n) is 6.60. The molecule has 4 nitrogen and oxygen atoms in total. The number of rotatable bonds is 5. The van der Waals surface area contributed by atoms with Crippen LogP contribution in [0.15, 0.2) is 30.3 Å². The molecule has 1 aromatic rings. The minimum absolute atomic E-state index is 0.0782. The van der Waals surface area contributed by atoms with Crippen molar-refractivity contribution >= 4 is 11.6 Å². The first-order valence-corrected chi connectivity index (χ1v) is 7.76. The smallest absolute Gasteiger partial charge is 0.231 e. The molecule has 0 aliphatic carbocycles. The topological polar surface area (TPSA) is 44.4 Å². The van der Waals surface area contributed by atoms with E-state index in [0.29, 0.717) is 6.04 Å². The van der Waals surface area contributed by atoms with Crippen LogP contribution >= 0.6 is 0 Å². The third-order valence-electron chi connectivity index (χ3n) is 4.22. The van der Waals surface area contributed by atoms with Gasteiger partial charge in [0.15, 0.2) is 0 Å². The molecule has 1 aromatic carbocycles. The molecule has 1 fully saturated rings. The molecule has 2 rings (SSSR count). The van der Waals surface area contributed by atoms with Crippen LogP contribution in [0.3, 0.4) is 0 Å². The molecule has 0 unspecified atom stereocenters. The monoisotopic (exact) mass is 289 g/mol. The average molecular weight is 289 g/mol. The average Bonchev–Trinajstić information content (AvgIpc) is 2.48. The van der Waals surface area contributed by atoms with Crippen LogP contribution < -0.4 is 10.6 Å². The number of nitrogens with one attached hydrogen (secondary N) is 2. The van der Waals surface area contributed by atoms with Crippen LogP contribution in [0.4, 0.5) is 5.69 Å². The summed E-state index contributed by atoms with van der Waals surface area (Å²) in [7, 11) is 2.13. The molecule has 4 heteroatoms. The standard InChI is InChI=1S/C17H27N3O/c1-17(2,13-20(3)15-9-11-18-12-10-15)16(21)19-14-7-5-4-6-8-14/h4-8,15,18H,9-13H2,1-3H3,(H,19,21). The summed E-state index contributed by atoms with van der Waals surface area (Å²) in [4.78, 5) is 14.8. The lowest BCUT2D eigenvalue weighted by molar-refractivity contribution is -0.125. The molecule has 1 aliphatic heterocycles. The molecule has 0 bridgehead atoms. The van der Waals surface area contributed by atoms with E-state index in [1.807, 2.05) is 44.2 Å². The number of carbonyl (C=O) groups is 1. The fourth-order valence-corrected chi connectivity index (χ4v) is 2.89. The van der Waals surface area contributed by atoms with Crippen LogP contribution in [0.1, 0.15) is 26.7 Å². The molecular weight excluding hydrogens is 262 g/mol. The summed E-state index contributed by atoms with van der Waals surface area (Å²) in [5.41, 5.74) is 0.454. The van der Waals surface area contributed by atoms with Gasteiger partial charge in [0.25, 0.3) is 0 Å². The van der Waals surface area contributed by atoms with Crippen LogP contribution in [-0.2, 0) is 4.79 Å². The van der Waals surface area contributed by atoms with Gasteiger partial charge in [-0.05, 0) is 59.0 Å². The van der Waals surface area contributed by atoms with Gasteiger partial charge in [-0.3, -0.25) is 4.79 Å². The number of hydrogen-bond acceptors (Lipinski definition) is 3. The highest BCUT2D eigenvalue weighted by molar-refractivity contribution is 5.94. The van der Waals surface area contributed by atoms with Crippen molar-refractivity contribution < 1.29 is 4.79 Å². The van der Waals surface area contributed by atoms with Crippen molar-refractivity contribution in [2.45, 2.75) is 32.7 Å². The predicted octanol–water partition coefficient (Wildman–Crippen LogP) is 2.34. The van der Waals surface area contributed by atoms with E-state index < -0.39 is 5.41 Å². The van der Waals surface area contributed by atoms with E-state index >= 15 is 0 Å². The van der Waals surface area contributed by atoms with Crippen LogP contribution in [-0.4, -0.2) is 43.5 Å². The third-order valence-corrected chi connectivity index (χ3v) is 4.22. The first-order chi connectivity index (χ1) is 9.99. The van der Waals surface area contributed by atoms with E-state index in [2.05, 4.69) is 22.6 Å². The quantitative estimate of drug-likeness (QED) is 0.874. The molecule has 0 saturated carbocycles. The Kier molecular flexibility index (Phi) is 5.37. The molecule has 0 radical (unpaired) electrons. The molecule has 1 heterocycles. The normalized spacial score (nSPS) is 17.0. The largest absolute Gasteiger partial charge is 0.326 e. The Hall–Kier alpha value is -1.39. The van der Waals surface area contributed by atoms with Gasteiger partial charge in [0.05, 0.1) is 5.41 Å². The molecule has 0 spiro atoms. The lowest BCUT2D eigenvalue weighted by Crippen LogP contribution is -2.47. The SMILES string of the molecule is CN(CC(C)(C)C(=O)Nc1ccccc1)C1CCNCC1. The Labute approximate surface area is 127 Å². The van der Waals surface area contributed by atoms with Crippen molar-refractivity contribution in [3.63, 3.8) is 0 Å². The summed E-state index contributed by atoms with van der Waals surface area (Å²) in [6, 6.07) is 10.2. The van der Waals surface area contributed by atoms with E-state index in [9.17, 15) is 4.79 Å². The molecule has 0 aromatic heterocycles. The number of anilines is 1. The summed E-state index contributed by atoms with van der Waals surface area (Å²) in [5, 5.41) is 6.39. The van der Waals surface area contributed by atoms with Crippen LogP contribution in [0.2, 0.25) is 0 Å². The maximum atomic E-state index is 12.5. The predicted molar refractivity (Wildman–Crippen MR) is 87.4 cm³/mol. The number of amides is 1. The lowest BCUT2D eigenvalue weighted by atomic mass is 9.90. The van der Waals surface area contributed by atoms with Crippen molar-refractivity contribution in [2.24, 2.45) is 5.41 Å². The fraction of sp³-hybridized carbons (Fsp3) is 0.588. The maximum Gasteiger partial charge on any atom is 0.231 e. The van der Waals surface area contributed by atoms with Gasteiger partial charge in [-0.2, -0.15) is 0 Å². The minimum Gasteiger partial charge on any atom is -0.326 e. The number of piperidine rings is 1. The highest BCUT2D eigenvalue weighted by atomic mass is 16.2. The van der Waals surface area contributed by atoms with Crippen LogP contribution in [0.5, 0.6) is 0 Å². The molecule has 116 valence electrons. The van der Waals surface area contributed by atoms with Gasteiger partial charge in [-0.15, -0.1) is 0 Å². The van der Waals surface area contributed by atoms with E-state index in [4.69, 9.17) is 0 Å². The molecular formula is C17H27N3O. The van der Waals surface area contributed by atoms with Crippen LogP contribution in [0, 0.1) is 5.41 Å². The first kappa shape index (κ1) is 16.0. The first-order valence-electron chi connectivity index (χ1n) is 7.76. The Morgan fingerprint density at radius 3 is 2.52 bits per heavy atom. The molecule has 21 heavy (non-hydrogen) atoms. The third kappa shape index (κ3) is 4.55. The van der Waals surface area contributed by atoms with Gasteiger partial charge in [-0.1, -0.05) is 18.2 Å². The number of carbonyl (C=O) groups excluding carboxylic acids is 1. The molecule has 1 amide bonds. The number of nitrogens with zero attached hydrogens (tertiary/aromatic N) is 1. The summed E-state index contributed by atoms with van der Waals surface area (Å²) >= 11 is 0. The number of para-hydroxylation sites is 1. The zero-order valence-electron chi connectivity index (χ0n) is 13.4. The maximum absolute atomic E-state index is 12.5.